The van der Waals surface area contributed by atoms with Gasteiger partial charge in [0, 0.05) is 19.4 Å². The Balaban J connectivity index is 1.64. The maximum atomic E-state index is 5.74. The molecular formula is C18H20N2O2S. The fraction of sp³-hybridized carbons (Fsp3) is 0.278. The van der Waals surface area contributed by atoms with Crippen LogP contribution in [-0.2, 0) is 11.3 Å². The average Bonchev–Trinajstić information content (AvgIpc) is 2.95. The van der Waals surface area contributed by atoms with E-state index in [0.717, 1.165) is 34.2 Å². The summed E-state index contributed by atoms with van der Waals surface area (Å²) in [6.07, 6.45) is 0. The lowest BCUT2D eigenvalue weighted by atomic mass is 10.3. The summed E-state index contributed by atoms with van der Waals surface area (Å²) in [6.45, 7) is 2.13. The molecule has 1 aromatic heterocycles. The van der Waals surface area contributed by atoms with Crippen LogP contribution in [0.4, 0.5) is 0 Å². The fourth-order valence-corrected chi connectivity index (χ4v) is 3.23. The van der Waals surface area contributed by atoms with E-state index in [4.69, 9.17) is 14.5 Å². The Kier molecular flexibility index (Phi) is 5.56. The van der Waals surface area contributed by atoms with Crippen LogP contribution in [0.1, 0.15) is 0 Å². The Labute approximate surface area is 140 Å². The SMILES string of the molecule is COCCn1c(SCCOc2ccccc2)nc2ccccc21. The lowest BCUT2D eigenvalue weighted by Crippen LogP contribution is -2.07. The Morgan fingerprint density at radius 2 is 1.78 bits per heavy atom. The van der Waals surface area contributed by atoms with Crippen molar-refractivity contribution in [3.8, 4) is 5.75 Å². The van der Waals surface area contributed by atoms with Crippen molar-refractivity contribution in [2.24, 2.45) is 0 Å². The summed E-state index contributed by atoms with van der Waals surface area (Å²) >= 11 is 1.71. The van der Waals surface area contributed by atoms with Crippen molar-refractivity contribution in [2.75, 3.05) is 26.1 Å². The van der Waals surface area contributed by atoms with Crippen molar-refractivity contribution in [3.05, 3.63) is 54.6 Å². The minimum atomic E-state index is 0.655. The smallest absolute Gasteiger partial charge is 0.169 e. The number of fused-ring (bicyclic) bond motifs is 1. The highest BCUT2D eigenvalue weighted by molar-refractivity contribution is 7.99. The zero-order chi connectivity index (χ0) is 15.9. The second kappa shape index (κ2) is 8.04. The van der Waals surface area contributed by atoms with Crippen molar-refractivity contribution in [1.29, 1.82) is 0 Å². The number of hydrogen-bond acceptors (Lipinski definition) is 4. The van der Waals surface area contributed by atoms with Crippen molar-refractivity contribution >= 4 is 22.8 Å². The molecule has 4 nitrogen and oxygen atoms in total. The van der Waals surface area contributed by atoms with Gasteiger partial charge in [-0.15, -0.1) is 0 Å². The van der Waals surface area contributed by atoms with E-state index in [9.17, 15) is 0 Å². The van der Waals surface area contributed by atoms with Crippen LogP contribution in [-0.4, -0.2) is 35.6 Å². The molecule has 120 valence electrons. The zero-order valence-corrected chi connectivity index (χ0v) is 14.0. The first-order valence-electron chi connectivity index (χ1n) is 7.63. The van der Waals surface area contributed by atoms with E-state index in [1.165, 1.54) is 0 Å². The van der Waals surface area contributed by atoms with Gasteiger partial charge in [0.2, 0.25) is 0 Å². The van der Waals surface area contributed by atoms with Crippen molar-refractivity contribution in [3.63, 3.8) is 0 Å². The van der Waals surface area contributed by atoms with E-state index < -0.39 is 0 Å². The number of benzene rings is 2. The summed E-state index contributed by atoms with van der Waals surface area (Å²) in [5.74, 6) is 1.76. The van der Waals surface area contributed by atoms with E-state index in [2.05, 4.69) is 10.6 Å². The highest BCUT2D eigenvalue weighted by Gasteiger charge is 2.10. The van der Waals surface area contributed by atoms with Gasteiger partial charge in [0.25, 0.3) is 0 Å². The van der Waals surface area contributed by atoms with Gasteiger partial charge in [-0.1, -0.05) is 42.1 Å². The topological polar surface area (TPSA) is 36.3 Å². The highest BCUT2D eigenvalue weighted by atomic mass is 32.2. The molecule has 0 atom stereocenters. The van der Waals surface area contributed by atoms with Gasteiger partial charge < -0.3 is 14.0 Å². The Bertz CT molecular complexity index is 743. The fourth-order valence-electron chi connectivity index (χ4n) is 2.37. The van der Waals surface area contributed by atoms with Crippen molar-refractivity contribution in [2.45, 2.75) is 11.7 Å². The number of hydrogen-bond donors (Lipinski definition) is 0. The Morgan fingerprint density at radius 1 is 1.00 bits per heavy atom. The Hall–Kier alpha value is -1.98. The van der Waals surface area contributed by atoms with Gasteiger partial charge in [-0.25, -0.2) is 4.98 Å². The summed E-state index contributed by atoms with van der Waals surface area (Å²) in [4.78, 5) is 4.72. The molecule has 0 aliphatic carbocycles. The number of ether oxygens (including phenoxy) is 2. The summed E-state index contributed by atoms with van der Waals surface area (Å²) < 4.78 is 13.2. The first-order chi connectivity index (χ1) is 11.4. The van der Waals surface area contributed by atoms with E-state index in [0.29, 0.717) is 13.2 Å². The molecule has 0 saturated heterocycles. The van der Waals surface area contributed by atoms with Gasteiger partial charge in [0.15, 0.2) is 5.16 Å². The summed E-state index contributed by atoms with van der Waals surface area (Å²) in [7, 11) is 1.72. The number of aromatic nitrogens is 2. The molecule has 0 bridgehead atoms. The van der Waals surface area contributed by atoms with Gasteiger partial charge in [-0.05, 0) is 24.3 Å². The predicted molar refractivity (Wildman–Crippen MR) is 94.3 cm³/mol. The number of imidazole rings is 1. The van der Waals surface area contributed by atoms with E-state index >= 15 is 0 Å². The quantitative estimate of drug-likeness (QED) is 0.465. The Morgan fingerprint density at radius 3 is 2.61 bits per heavy atom. The average molecular weight is 328 g/mol. The summed E-state index contributed by atoms with van der Waals surface area (Å²) in [5, 5.41) is 1.01. The maximum absolute atomic E-state index is 5.74. The van der Waals surface area contributed by atoms with Crippen LogP contribution in [0.5, 0.6) is 5.75 Å². The van der Waals surface area contributed by atoms with Crippen LogP contribution in [0.2, 0.25) is 0 Å². The molecule has 0 radical (unpaired) electrons. The zero-order valence-electron chi connectivity index (χ0n) is 13.1. The van der Waals surface area contributed by atoms with Gasteiger partial charge in [0.05, 0.1) is 24.2 Å². The summed E-state index contributed by atoms with van der Waals surface area (Å²) in [6, 6.07) is 18.1. The van der Waals surface area contributed by atoms with Crippen LogP contribution in [0.15, 0.2) is 59.8 Å². The van der Waals surface area contributed by atoms with E-state index in [1.54, 1.807) is 18.9 Å². The number of nitrogens with zero attached hydrogens (tertiary/aromatic N) is 2. The van der Waals surface area contributed by atoms with Gasteiger partial charge in [-0.3, -0.25) is 0 Å². The molecule has 23 heavy (non-hydrogen) atoms. The minimum absolute atomic E-state index is 0.655. The molecule has 0 amide bonds. The largest absolute Gasteiger partial charge is 0.493 e. The monoisotopic (exact) mass is 328 g/mol. The molecule has 0 spiro atoms. The highest BCUT2D eigenvalue weighted by Crippen LogP contribution is 2.24. The van der Waals surface area contributed by atoms with Crippen LogP contribution in [0.3, 0.4) is 0 Å². The predicted octanol–water partition coefficient (Wildman–Crippen LogP) is 3.85. The second-order valence-corrected chi connectivity index (χ2v) is 6.10. The molecule has 0 unspecified atom stereocenters. The third kappa shape index (κ3) is 4.06. The van der Waals surface area contributed by atoms with Gasteiger partial charge >= 0.3 is 0 Å². The molecule has 0 aliphatic heterocycles. The molecule has 5 heteroatoms. The molecule has 0 aliphatic rings. The second-order valence-electron chi connectivity index (χ2n) is 5.04. The first-order valence-corrected chi connectivity index (χ1v) is 8.62. The number of methoxy groups -OCH3 is 1. The molecule has 3 aromatic rings. The molecule has 0 N–H and O–H groups in total. The third-order valence-corrected chi connectivity index (χ3v) is 4.41. The lowest BCUT2D eigenvalue weighted by Gasteiger charge is -2.09. The first kappa shape index (κ1) is 15.9. The normalized spacial score (nSPS) is 11.0. The number of rotatable bonds is 8. The number of thioether (sulfide) groups is 1. The standard InChI is InChI=1S/C18H20N2O2S/c1-21-12-11-20-17-10-6-5-9-16(17)19-18(20)23-14-13-22-15-7-3-2-4-8-15/h2-10H,11-14H2,1H3. The van der Waals surface area contributed by atoms with E-state index in [1.807, 2.05) is 48.5 Å². The molecule has 3 rings (SSSR count). The van der Waals surface area contributed by atoms with Crippen LogP contribution >= 0.6 is 11.8 Å². The van der Waals surface area contributed by atoms with Crippen molar-refractivity contribution in [1.82, 2.24) is 9.55 Å². The van der Waals surface area contributed by atoms with Gasteiger partial charge in [0.1, 0.15) is 5.75 Å². The molecular weight excluding hydrogens is 308 g/mol. The molecule has 0 fully saturated rings. The molecule has 0 saturated carbocycles. The van der Waals surface area contributed by atoms with Gasteiger partial charge in [-0.2, -0.15) is 0 Å². The minimum Gasteiger partial charge on any atom is -0.493 e. The lowest BCUT2D eigenvalue weighted by molar-refractivity contribution is 0.186. The van der Waals surface area contributed by atoms with Crippen LogP contribution in [0.25, 0.3) is 11.0 Å². The van der Waals surface area contributed by atoms with E-state index in [-0.39, 0.29) is 0 Å². The third-order valence-electron chi connectivity index (χ3n) is 3.46. The molecule has 2 aromatic carbocycles. The molecule has 1 heterocycles. The number of para-hydroxylation sites is 3. The van der Waals surface area contributed by atoms with Crippen molar-refractivity contribution < 1.29 is 9.47 Å². The summed E-state index contributed by atoms with van der Waals surface area (Å²) in [5.41, 5.74) is 2.17. The van der Waals surface area contributed by atoms with Crippen LogP contribution in [0, 0.1) is 0 Å². The maximum Gasteiger partial charge on any atom is 0.169 e. The van der Waals surface area contributed by atoms with Crippen LogP contribution < -0.4 is 4.74 Å².